The smallest absolute Gasteiger partial charge is 0.294 e. The number of benzene rings is 3. The van der Waals surface area contributed by atoms with E-state index in [9.17, 15) is 18.8 Å². The first-order valence-electron chi connectivity index (χ1n) is 10.3. The van der Waals surface area contributed by atoms with Gasteiger partial charge in [0.25, 0.3) is 11.1 Å². The molecule has 0 radical (unpaired) electrons. The van der Waals surface area contributed by atoms with Gasteiger partial charge in [0.15, 0.2) is 0 Å². The molecule has 0 atom stereocenters. The lowest BCUT2D eigenvalue weighted by atomic mass is 10.2. The molecule has 0 bridgehead atoms. The van der Waals surface area contributed by atoms with Crippen molar-refractivity contribution in [2.24, 2.45) is 0 Å². The predicted octanol–water partition coefficient (Wildman–Crippen LogP) is 6.34. The van der Waals surface area contributed by atoms with E-state index in [2.05, 4.69) is 27.9 Å². The predicted molar refractivity (Wildman–Crippen MR) is 143 cm³/mol. The molecular formula is C25H17ClFIN2O4S. The molecule has 35 heavy (non-hydrogen) atoms. The maximum atomic E-state index is 13.9. The van der Waals surface area contributed by atoms with E-state index in [-0.39, 0.29) is 28.6 Å². The molecule has 0 aliphatic carbocycles. The molecule has 3 amide bonds. The maximum absolute atomic E-state index is 13.9. The Morgan fingerprint density at radius 1 is 1.09 bits per heavy atom. The number of carbonyl (C=O) groups is 3. The summed E-state index contributed by atoms with van der Waals surface area (Å²) in [6.07, 6.45) is 1.57. The van der Waals surface area contributed by atoms with Gasteiger partial charge >= 0.3 is 0 Å². The van der Waals surface area contributed by atoms with Crippen LogP contribution in [-0.2, 0) is 16.2 Å². The summed E-state index contributed by atoms with van der Waals surface area (Å²) in [5.41, 5.74) is 1.51. The Morgan fingerprint density at radius 3 is 2.49 bits per heavy atom. The fraction of sp³-hybridized carbons (Fsp3) is 0.0800. The number of hydrogen-bond donors (Lipinski definition) is 1. The third kappa shape index (κ3) is 6.41. The summed E-state index contributed by atoms with van der Waals surface area (Å²) < 4.78 is 20.5. The highest BCUT2D eigenvalue weighted by molar-refractivity contribution is 14.1. The molecule has 1 fully saturated rings. The first-order chi connectivity index (χ1) is 16.8. The molecule has 1 heterocycles. The molecular weight excluding hydrogens is 606 g/mol. The van der Waals surface area contributed by atoms with Crippen LogP contribution in [0.3, 0.4) is 0 Å². The van der Waals surface area contributed by atoms with Gasteiger partial charge in [-0.25, -0.2) is 4.39 Å². The van der Waals surface area contributed by atoms with Crippen molar-refractivity contribution in [1.29, 1.82) is 0 Å². The van der Waals surface area contributed by atoms with Crippen molar-refractivity contribution in [3.8, 4) is 5.75 Å². The molecule has 1 aliphatic heterocycles. The molecule has 10 heteroatoms. The molecule has 0 unspecified atom stereocenters. The largest absolute Gasteiger partial charge is 0.489 e. The van der Waals surface area contributed by atoms with Crippen LogP contribution in [0.5, 0.6) is 5.75 Å². The van der Waals surface area contributed by atoms with E-state index in [1.807, 2.05) is 12.1 Å². The van der Waals surface area contributed by atoms with Gasteiger partial charge in [-0.15, -0.1) is 0 Å². The van der Waals surface area contributed by atoms with Crippen molar-refractivity contribution in [2.45, 2.75) is 6.61 Å². The number of nitrogens with zero attached hydrogens (tertiary/aromatic N) is 1. The monoisotopic (exact) mass is 622 g/mol. The molecule has 1 saturated heterocycles. The highest BCUT2D eigenvalue weighted by Gasteiger charge is 2.36. The van der Waals surface area contributed by atoms with Crippen LogP contribution >= 0.6 is 46.0 Å². The number of rotatable bonds is 7. The van der Waals surface area contributed by atoms with E-state index in [1.165, 1.54) is 12.1 Å². The zero-order valence-corrected chi connectivity index (χ0v) is 21.7. The van der Waals surface area contributed by atoms with E-state index >= 15 is 0 Å². The molecule has 178 valence electrons. The minimum Gasteiger partial charge on any atom is -0.489 e. The van der Waals surface area contributed by atoms with Gasteiger partial charge in [0.2, 0.25) is 5.91 Å². The number of ether oxygens (including phenoxy) is 1. The fourth-order valence-corrected chi connectivity index (χ4v) is 4.57. The molecule has 0 saturated carbocycles. The Morgan fingerprint density at radius 2 is 1.80 bits per heavy atom. The Bertz CT molecular complexity index is 1300. The summed E-state index contributed by atoms with van der Waals surface area (Å²) in [5, 5.41) is 2.44. The zero-order chi connectivity index (χ0) is 24.9. The summed E-state index contributed by atoms with van der Waals surface area (Å²) in [7, 11) is 0. The average molecular weight is 623 g/mol. The number of hydrogen-bond acceptors (Lipinski definition) is 5. The summed E-state index contributed by atoms with van der Waals surface area (Å²) >= 11 is 8.94. The number of halogens is 3. The summed E-state index contributed by atoms with van der Waals surface area (Å²) in [4.78, 5) is 38.5. The molecule has 6 nitrogen and oxygen atoms in total. The maximum Gasteiger partial charge on any atom is 0.294 e. The first kappa shape index (κ1) is 25.2. The van der Waals surface area contributed by atoms with Crippen molar-refractivity contribution in [3.05, 3.63) is 97.2 Å². The molecule has 3 aromatic carbocycles. The highest BCUT2D eigenvalue weighted by Crippen LogP contribution is 2.32. The van der Waals surface area contributed by atoms with Crippen LogP contribution in [0.4, 0.5) is 14.9 Å². The molecule has 0 aromatic heterocycles. The summed E-state index contributed by atoms with van der Waals surface area (Å²) in [6, 6.07) is 18.3. The van der Waals surface area contributed by atoms with Gasteiger partial charge in [-0.2, -0.15) is 0 Å². The van der Waals surface area contributed by atoms with Crippen molar-refractivity contribution < 1.29 is 23.5 Å². The Labute approximate surface area is 223 Å². The second kappa shape index (κ2) is 11.2. The van der Waals surface area contributed by atoms with Gasteiger partial charge in [0.05, 0.1) is 9.93 Å². The molecule has 4 rings (SSSR count). The van der Waals surface area contributed by atoms with E-state index in [0.717, 1.165) is 20.2 Å². The number of thioether (sulfide) groups is 1. The van der Waals surface area contributed by atoms with Crippen LogP contribution in [0.25, 0.3) is 6.08 Å². The molecule has 1 aliphatic rings. The third-order valence-electron chi connectivity index (χ3n) is 4.93. The number of imide groups is 1. The van der Waals surface area contributed by atoms with Crippen LogP contribution in [0, 0.1) is 9.39 Å². The van der Waals surface area contributed by atoms with E-state index < -0.39 is 22.9 Å². The lowest BCUT2D eigenvalue weighted by molar-refractivity contribution is -0.127. The van der Waals surface area contributed by atoms with Crippen LogP contribution in [0.2, 0.25) is 5.02 Å². The first-order valence-corrected chi connectivity index (χ1v) is 12.5. The Balaban J connectivity index is 1.37. The zero-order valence-electron chi connectivity index (χ0n) is 18.0. The van der Waals surface area contributed by atoms with E-state index in [0.29, 0.717) is 17.0 Å². The average Bonchev–Trinajstić information content (AvgIpc) is 3.08. The Hall–Kier alpha value is -2.89. The minimum atomic E-state index is -0.535. The van der Waals surface area contributed by atoms with Crippen LogP contribution < -0.4 is 10.1 Å². The highest BCUT2D eigenvalue weighted by atomic mass is 127. The van der Waals surface area contributed by atoms with Gasteiger partial charge in [-0.05, 0) is 94.5 Å². The standard InChI is InChI=1S/C25H17ClFIN2O4S/c26-20-2-1-3-21(27)19(20)14-34-18-10-4-15(5-11-18)12-22-24(32)30(25(33)35-22)13-23(31)29-17-8-6-16(28)7-9-17/h1-12H,13-14H2,(H,29,31)/b22-12-. The van der Waals surface area contributed by atoms with Gasteiger partial charge in [-0.1, -0.05) is 29.8 Å². The van der Waals surface area contributed by atoms with Crippen LogP contribution in [0.15, 0.2) is 71.6 Å². The summed E-state index contributed by atoms with van der Waals surface area (Å²) in [5.74, 6) is -0.961. The molecule has 3 aromatic rings. The second-order valence-electron chi connectivity index (χ2n) is 7.38. The van der Waals surface area contributed by atoms with Crippen LogP contribution in [-0.4, -0.2) is 28.5 Å². The summed E-state index contributed by atoms with van der Waals surface area (Å²) in [6.45, 7) is -0.409. The normalized spacial score (nSPS) is 14.5. The lowest BCUT2D eigenvalue weighted by Gasteiger charge is -2.12. The number of nitrogens with one attached hydrogen (secondary N) is 1. The van der Waals surface area contributed by atoms with Crippen molar-refractivity contribution >= 4 is 74.8 Å². The quantitative estimate of drug-likeness (QED) is 0.246. The third-order valence-corrected chi connectivity index (χ3v) is 6.91. The topological polar surface area (TPSA) is 75.7 Å². The number of anilines is 1. The number of amides is 3. The van der Waals surface area contributed by atoms with Crippen molar-refractivity contribution in [3.63, 3.8) is 0 Å². The van der Waals surface area contributed by atoms with Gasteiger partial charge in [-0.3, -0.25) is 19.3 Å². The van der Waals surface area contributed by atoms with E-state index in [4.69, 9.17) is 16.3 Å². The fourth-order valence-electron chi connectivity index (χ4n) is 3.15. The van der Waals surface area contributed by atoms with E-state index in [1.54, 1.807) is 48.5 Å². The minimum absolute atomic E-state index is 0.0337. The molecule has 1 N–H and O–H groups in total. The van der Waals surface area contributed by atoms with Crippen molar-refractivity contribution in [1.82, 2.24) is 4.90 Å². The lowest BCUT2D eigenvalue weighted by Crippen LogP contribution is -2.36. The SMILES string of the molecule is O=C(CN1C(=O)S/C(=C\c2ccc(OCc3c(F)cccc3Cl)cc2)C1=O)Nc1ccc(I)cc1. The van der Waals surface area contributed by atoms with Gasteiger partial charge < -0.3 is 10.1 Å². The van der Waals surface area contributed by atoms with Gasteiger partial charge in [0.1, 0.15) is 24.7 Å². The van der Waals surface area contributed by atoms with Gasteiger partial charge in [0, 0.05) is 14.8 Å². The van der Waals surface area contributed by atoms with Crippen LogP contribution in [0.1, 0.15) is 11.1 Å². The molecule has 0 spiro atoms. The number of carbonyl (C=O) groups excluding carboxylic acids is 3. The Kier molecular flexibility index (Phi) is 8.09. The van der Waals surface area contributed by atoms with Crippen molar-refractivity contribution in [2.75, 3.05) is 11.9 Å². The second-order valence-corrected chi connectivity index (χ2v) is 10.0.